The molecule has 0 bridgehead atoms. The highest BCUT2D eigenvalue weighted by molar-refractivity contribution is 7.99. The van der Waals surface area contributed by atoms with Gasteiger partial charge in [-0.25, -0.2) is 0 Å². The fraction of sp³-hybridized carbons (Fsp3) is 1.00. The van der Waals surface area contributed by atoms with E-state index in [2.05, 4.69) is 38.2 Å². The lowest BCUT2D eigenvalue weighted by molar-refractivity contribution is 0.0544. The zero-order valence-corrected chi connectivity index (χ0v) is 18.1. The molecule has 0 aromatic heterocycles. The zero-order chi connectivity index (χ0) is 16.9. The predicted octanol–water partition coefficient (Wildman–Crippen LogP) is 6.22. The summed E-state index contributed by atoms with van der Waals surface area (Å²) in [5, 5.41) is 1.69. The van der Waals surface area contributed by atoms with Gasteiger partial charge in [0.15, 0.2) is 0 Å². The highest BCUT2D eigenvalue weighted by Gasteiger charge is 2.74. The summed E-state index contributed by atoms with van der Waals surface area (Å²) < 4.78 is 0. The Hall–Kier alpha value is 1.05. The van der Waals surface area contributed by atoms with Gasteiger partial charge in [-0.05, 0) is 104 Å². The minimum absolute atomic E-state index is 0.677. The molecule has 0 heterocycles. The van der Waals surface area contributed by atoms with Crippen molar-refractivity contribution in [1.82, 2.24) is 0 Å². The Morgan fingerprint density at radius 1 is 1.21 bits per heavy atom. The first kappa shape index (κ1) is 18.4. The molecule has 0 aliphatic heterocycles. The topological polar surface area (TPSA) is 0 Å². The minimum atomic E-state index is 0.677. The molecule has 9 unspecified atom stereocenters. The van der Waals surface area contributed by atoms with E-state index in [4.69, 9.17) is 12.6 Å². The van der Waals surface area contributed by atoms with Crippen molar-refractivity contribution in [2.75, 3.05) is 11.5 Å². The summed E-state index contributed by atoms with van der Waals surface area (Å²) in [6.45, 7) is 4.90. The van der Waals surface area contributed by atoms with E-state index in [9.17, 15) is 0 Å². The zero-order valence-electron chi connectivity index (χ0n) is 15.5. The van der Waals surface area contributed by atoms with Crippen LogP contribution in [-0.2, 0) is 0 Å². The molecule has 4 rings (SSSR count). The van der Waals surface area contributed by atoms with Crippen LogP contribution in [0.3, 0.4) is 0 Å². The SMILES string of the molecule is CC(CCSC1CC2CC(CCS)C23CC13)CC1CC(C)CC1S. The van der Waals surface area contributed by atoms with Crippen LogP contribution >= 0.6 is 37.0 Å². The van der Waals surface area contributed by atoms with Crippen LogP contribution in [0.2, 0.25) is 0 Å². The Balaban J connectivity index is 1.17. The van der Waals surface area contributed by atoms with Crippen LogP contribution < -0.4 is 0 Å². The number of hydrogen-bond acceptors (Lipinski definition) is 3. The number of rotatable bonds is 8. The van der Waals surface area contributed by atoms with Crippen molar-refractivity contribution in [3.8, 4) is 0 Å². The second kappa shape index (κ2) is 7.23. The maximum atomic E-state index is 4.84. The summed E-state index contributed by atoms with van der Waals surface area (Å²) in [5.41, 5.74) is 0.839. The fourth-order valence-corrected chi connectivity index (χ4v) is 9.57. The molecule has 0 nitrogen and oxygen atoms in total. The molecular formula is C21H36S3. The standard InChI is InChI=1S/C21H36S3/c1-13(7-15-8-14(2)9-19(15)23)4-6-24-20-11-17-10-16(3-5-22)21(17)12-18(20)21/h13-20,22-23H,3-12H2,1-2H3. The summed E-state index contributed by atoms with van der Waals surface area (Å²) in [6.07, 6.45) is 11.7. The smallest absolute Gasteiger partial charge is 0.00838 e. The van der Waals surface area contributed by atoms with Crippen molar-refractivity contribution < 1.29 is 0 Å². The van der Waals surface area contributed by atoms with Crippen LogP contribution in [0.4, 0.5) is 0 Å². The lowest BCUT2D eigenvalue weighted by atomic mass is 9.61. The van der Waals surface area contributed by atoms with Gasteiger partial charge in [-0.3, -0.25) is 0 Å². The second-order valence-electron chi connectivity index (χ2n) is 9.74. The van der Waals surface area contributed by atoms with Gasteiger partial charge >= 0.3 is 0 Å². The average Bonchev–Trinajstić information content (AvgIpc) is 3.17. The molecule has 4 saturated carbocycles. The van der Waals surface area contributed by atoms with E-state index >= 15 is 0 Å². The van der Waals surface area contributed by atoms with E-state index in [1.807, 2.05) is 0 Å². The van der Waals surface area contributed by atoms with Crippen LogP contribution in [0, 0.1) is 40.9 Å². The molecule has 138 valence electrons. The highest BCUT2D eigenvalue weighted by Crippen LogP contribution is 2.80. The van der Waals surface area contributed by atoms with Gasteiger partial charge in [-0.15, -0.1) is 0 Å². The minimum Gasteiger partial charge on any atom is -0.179 e. The van der Waals surface area contributed by atoms with Gasteiger partial charge in [0.05, 0.1) is 0 Å². The summed E-state index contributed by atoms with van der Waals surface area (Å²) >= 11 is 11.7. The van der Waals surface area contributed by atoms with Crippen LogP contribution in [0.5, 0.6) is 0 Å². The van der Waals surface area contributed by atoms with Crippen LogP contribution in [0.1, 0.15) is 65.2 Å². The summed E-state index contributed by atoms with van der Waals surface area (Å²) in [6, 6.07) is 0. The Morgan fingerprint density at radius 2 is 2.04 bits per heavy atom. The van der Waals surface area contributed by atoms with E-state index in [-0.39, 0.29) is 0 Å². The Kier molecular flexibility index (Phi) is 5.54. The van der Waals surface area contributed by atoms with Crippen molar-refractivity contribution in [3.05, 3.63) is 0 Å². The van der Waals surface area contributed by atoms with Crippen molar-refractivity contribution >= 4 is 37.0 Å². The quantitative estimate of drug-likeness (QED) is 0.469. The number of thiol groups is 2. The van der Waals surface area contributed by atoms with Gasteiger partial charge in [0.1, 0.15) is 0 Å². The van der Waals surface area contributed by atoms with E-state index < -0.39 is 0 Å². The van der Waals surface area contributed by atoms with Crippen molar-refractivity contribution in [2.45, 2.75) is 75.7 Å². The van der Waals surface area contributed by atoms with Crippen molar-refractivity contribution in [2.24, 2.45) is 40.9 Å². The molecular weight excluding hydrogens is 348 g/mol. The normalized spacial score (nSPS) is 50.2. The van der Waals surface area contributed by atoms with Crippen LogP contribution in [-0.4, -0.2) is 22.0 Å². The van der Waals surface area contributed by atoms with E-state index in [1.165, 1.54) is 44.3 Å². The Bertz CT molecular complexity index is 452. The third-order valence-electron chi connectivity index (χ3n) is 8.18. The van der Waals surface area contributed by atoms with Crippen molar-refractivity contribution in [3.63, 3.8) is 0 Å². The van der Waals surface area contributed by atoms with Gasteiger partial charge < -0.3 is 0 Å². The largest absolute Gasteiger partial charge is 0.179 e. The highest BCUT2D eigenvalue weighted by atomic mass is 32.2. The molecule has 4 fully saturated rings. The molecule has 1 spiro atoms. The average molecular weight is 385 g/mol. The first-order valence-corrected chi connectivity index (χ1v) is 12.6. The molecule has 3 heteroatoms. The molecule has 4 aliphatic rings. The molecule has 0 amide bonds. The molecule has 0 aromatic rings. The van der Waals surface area contributed by atoms with Gasteiger partial charge in [0.2, 0.25) is 0 Å². The Labute approximate surface area is 164 Å². The third kappa shape index (κ3) is 3.21. The third-order valence-corrected chi connectivity index (χ3v) is 10.5. The summed E-state index contributed by atoms with van der Waals surface area (Å²) in [7, 11) is 0. The molecule has 0 aromatic carbocycles. The van der Waals surface area contributed by atoms with E-state index in [0.29, 0.717) is 5.25 Å². The van der Waals surface area contributed by atoms with Gasteiger partial charge in [0, 0.05) is 10.5 Å². The van der Waals surface area contributed by atoms with Gasteiger partial charge in [0.25, 0.3) is 0 Å². The molecule has 0 radical (unpaired) electrons. The first-order valence-electron chi connectivity index (χ1n) is 10.4. The van der Waals surface area contributed by atoms with Crippen molar-refractivity contribution in [1.29, 1.82) is 0 Å². The Morgan fingerprint density at radius 3 is 2.71 bits per heavy atom. The molecule has 9 atom stereocenters. The van der Waals surface area contributed by atoms with Gasteiger partial charge in [-0.2, -0.15) is 37.0 Å². The summed E-state index contributed by atoms with van der Waals surface area (Å²) in [5.74, 6) is 8.45. The lowest BCUT2D eigenvalue weighted by Gasteiger charge is -2.44. The number of hydrogen-bond donors (Lipinski definition) is 2. The molecule has 24 heavy (non-hydrogen) atoms. The lowest BCUT2D eigenvalue weighted by Crippen LogP contribution is -2.37. The number of thioether (sulfide) groups is 1. The monoisotopic (exact) mass is 384 g/mol. The van der Waals surface area contributed by atoms with E-state index in [0.717, 1.165) is 51.9 Å². The first-order chi connectivity index (χ1) is 11.5. The van der Waals surface area contributed by atoms with Gasteiger partial charge in [-0.1, -0.05) is 13.8 Å². The van der Waals surface area contributed by atoms with Crippen LogP contribution in [0.15, 0.2) is 0 Å². The predicted molar refractivity (Wildman–Crippen MR) is 115 cm³/mol. The van der Waals surface area contributed by atoms with Crippen LogP contribution in [0.25, 0.3) is 0 Å². The maximum absolute atomic E-state index is 4.84. The maximum Gasteiger partial charge on any atom is 0.00838 e. The molecule has 0 saturated heterocycles. The second-order valence-corrected chi connectivity index (χ2v) is 12.2. The molecule has 0 N–H and O–H groups in total. The molecule has 4 aliphatic carbocycles. The van der Waals surface area contributed by atoms with E-state index in [1.54, 1.807) is 12.8 Å². The summed E-state index contributed by atoms with van der Waals surface area (Å²) in [4.78, 5) is 0. The fourth-order valence-electron chi connectivity index (χ4n) is 6.86.